The lowest BCUT2D eigenvalue weighted by Gasteiger charge is -2.45. The molecule has 1 aromatic heterocycles. The summed E-state index contributed by atoms with van der Waals surface area (Å²) >= 11 is 0. The van der Waals surface area contributed by atoms with E-state index in [4.69, 9.17) is 4.74 Å². The van der Waals surface area contributed by atoms with Gasteiger partial charge in [-0.15, -0.1) is 0 Å². The number of hydrogen-bond acceptors (Lipinski definition) is 5. The van der Waals surface area contributed by atoms with Crippen LogP contribution in [0.15, 0.2) is 11.3 Å². The van der Waals surface area contributed by atoms with Crippen molar-refractivity contribution in [3.05, 3.63) is 12.2 Å². The van der Waals surface area contributed by atoms with E-state index in [1.807, 2.05) is 7.05 Å². The maximum atomic E-state index is 5.85. The fourth-order valence-electron chi connectivity index (χ4n) is 3.04. The number of morpholine rings is 1. The molecular weight excluding hydrogens is 318 g/mol. The molecule has 1 fully saturated rings. The van der Waals surface area contributed by atoms with E-state index in [9.17, 15) is 0 Å². The Bertz CT molecular complexity index is 559. The Morgan fingerprint density at radius 2 is 2.00 bits per heavy atom. The molecular formula is C17H33N7O. The van der Waals surface area contributed by atoms with E-state index in [-0.39, 0.29) is 17.7 Å². The van der Waals surface area contributed by atoms with E-state index in [0.29, 0.717) is 6.54 Å². The first-order valence-corrected chi connectivity index (χ1v) is 9.07. The van der Waals surface area contributed by atoms with Gasteiger partial charge in [-0.2, -0.15) is 5.10 Å². The molecule has 1 saturated heterocycles. The van der Waals surface area contributed by atoms with Crippen LogP contribution in [-0.4, -0.2) is 69.5 Å². The second kappa shape index (κ2) is 8.62. The van der Waals surface area contributed by atoms with Crippen molar-refractivity contribution in [2.45, 2.75) is 58.9 Å². The summed E-state index contributed by atoms with van der Waals surface area (Å²) in [6, 6.07) is 0. The first kappa shape index (κ1) is 19.7. The van der Waals surface area contributed by atoms with Crippen LogP contribution in [-0.2, 0) is 18.3 Å². The number of rotatable bonds is 6. The maximum absolute atomic E-state index is 5.85. The largest absolute Gasteiger partial charge is 0.373 e. The molecule has 0 bridgehead atoms. The Kier molecular flexibility index (Phi) is 6.78. The summed E-state index contributed by atoms with van der Waals surface area (Å²) in [7, 11) is 1.88. The van der Waals surface area contributed by atoms with Crippen molar-refractivity contribution in [2.75, 3.05) is 26.2 Å². The van der Waals surface area contributed by atoms with Gasteiger partial charge in [0.1, 0.15) is 18.7 Å². The standard InChI is InChI=1S/C17H33N7O/c1-7-18-16(19-8-15-21-12-22-23(15)6)20-11-17(4,5)24-9-13(2)25-14(3)10-24/h12-14H,7-11H2,1-6H3,(H2,18,19,20). The average Bonchev–Trinajstić information content (AvgIpc) is 2.94. The van der Waals surface area contributed by atoms with Crippen molar-refractivity contribution in [3.8, 4) is 0 Å². The molecule has 25 heavy (non-hydrogen) atoms. The fourth-order valence-corrected chi connectivity index (χ4v) is 3.04. The Morgan fingerprint density at radius 3 is 2.56 bits per heavy atom. The van der Waals surface area contributed by atoms with Crippen molar-refractivity contribution < 1.29 is 4.74 Å². The predicted molar refractivity (Wildman–Crippen MR) is 99.5 cm³/mol. The van der Waals surface area contributed by atoms with Gasteiger partial charge in [0.15, 0.2) is 5.96 Å². The highest BCUT2D eigenvalue weighted by Crippen LogP contribution is 2.20. The van der Waals surface area contributed by atoms with Gasteiger partial charge in [0, 0.05) is 38.8 Å². The molecule has 8 nitrogen and oxygen atoms in total. The number of aliphatic imine (C=N–C) groups is 1. The van der Waals surface area contributed by atoms with Crippen LogP contribution in [0, 0.1) is 0 Å². The molecule has 0 spiro atoms. The third-order valence-electron chi connectivity index (χ3n) is 4.49. The maximum Gasteiger partial charge on any atom is 0.191 e. The monoisotopic (exact) mass is 351 g/mol. The zero-order valence-electron chi connectivity index (χ0n) is 16.4. The highest BCUT2D eigenvalue weighted by atomic mass is 16.5. The Balaban J connectivity index is 1.95. The molecule has 142 valence electrons. The molecule has 2 N–H and O–H groups in total. The zero-order chi connectivity index (χ0) is 18.4. The summed E-state index contributed by atoms with van der Waals surface area (Å²) in [6.07, 6.45) is 2.08. The molecule has 2 unspecified atom stereocenters. The molecule has 0 aromatic carbocycles. The Morgan fingerprint density at radius 1 is 1.32 bits per heavy atom. The number of hydrogen-bond donors (Lipinski definition) is 2. The quantitative estimate of drug-likeness (QED) is 0.582. The zero-order valence-corrected chi connectivity index (χ0v) is 16.4. The van der Waals surface area contributed by atoms with Crippen molar-refractivity contribution in [1.82, 2.24) is 30.3 Å². The minimum atomic E-state index is 0.00721. The highest BCUT2D eigenvalue weighted by Gasteiger charge is 2.33. The van der Waals surface area contributed by atoms with E-state index in [0.717, 1.165) is 38.0 Å². The van der Waals surface area contributed by atoms with Crippen LogP contribution in [0.2, 0.25) is 0 Å². The van der Waals surface area contributed by atoms with E-state index in [1.54, 1.807) is 11.0 Å². The summed E-state index contributed by atoms with van der Waals surface area (Å²) in [6.45, 7) is 14.9. The molecule has 0 saturated carbocycles. The molecule has 0 amide bonds. The predicted octanol–water partition coefficient (Wildman–Crippen LogP) is 0.758. The van der Waals surface area contributed by atoms with Crippen LogP contribution >= 0.6 is 0 Å². The number of aromatic nitrogens is 3. The number of aryl methyl sites for hydroxylation is 1. The molecule has 2 heterocycles. The van der Waals surface area contributed by atoms with Crippen molar-refractivity contribution in [3.63, 3.8) is 0 Å². The van der Waals surface area contributed by atoms with Crippen molar-refractivity contribution in [2.24, 2.45) is 12.0 Å². The van der Waals surface area contributed by atoms with Gasteiger partial charge >= 0.3 is 0 Å². The van der Waals surface area contributed by atoms with E-state index in [2.05, 4.69) is 65.2 Å². The van der Waals surface area contributed by atoms with E-state index in [1.165, 1.54) is 0 Å². The molecule has 8 heteroatoms. The lowest BCUT2D eigenvalue weighted by atomic mass is 10.00. The van der Waals surface area contributed by atoms with Gasteiger partial charge in [0.05, 0.1) is 12.2 Å². The van der Waals surface area contributed by atoms with Gasteiger partial charge in [0.2, 0.25) is 0 Å². The second-order valence-corrected chi connectivity index (χ2v) is 7.32. The second-order valence-electron chi connectivity index (χ2n) is 7.32. The van der Waals surface area contributed by atoms with Gasteiger partial charge in [-0.1, -0.05) is 0 Å². The van der Waals surface area contributed by atoms with Gasteiger partial charge < -0.3 is 15.4 Å². The molecule has 2 rings (SSSR count). The Hall–Kier alpha value is -1.67. The number of ether oxygens (including phenoxy) is 1. The van der Waals surface area contributed by atoms with E-state index < -0.39 is 0 Å². The van der Waals surface area contributed by atoms with E-state index >= 15 is 0 Å². The van der Waals surface area contributed by atoms with Gasteiger partial charge in [-0.25, -0.2) is 9.98 Å². The highest BCUT2D eigenvalue weighted by molar-refractivity contribution is 5.79. The first-order chi connectivity index (χ1) is 11.8. The molecule has 0 radical (unpaired) electrons. The summed E-state index contributed by atoms with van der Waals surface area (Å²) in [5.74, 6) is 1.64. The SMILES string of the molecule is CCNC(=NCc1ncnn1C)NCC(C)(C)N1CC(C)OC(C)C1. The normalized spacial score (nSPS) is 22.9. The summed E-state index contributed by atoms with van der Waals surface area (Å²) in [5.41, 5.74) is 0.00721. The molecule has 1 aliphatic heterocycles. The van der Waals surface area contributed by atoms with Gasteiger partial charge in [-0.3, -0.25) is 9.58 Å². The number of guanidine groups is 1. The van der Waals surface area contributed by atoms with Crippen LogP contribution in [0.4, 0.5) is 0 Å². The number of nitrogens with zero attached hydrogens (tertiary/aromatic N) is 5. The molecule has 1 aliphatic rings. The van der Waals surface area contributed by atoms with Crippen molar-refractivity contribution >= 4 is 5.96 Å². The number of nitrogens with one attached hydrogen (secondary N) is 2. The van der Waals surface area contributed by atoms with Crippen LogP contribution in [0.25, 0.3) is 0 Å². The van der Waals surface area contributed by atoms with Crippen LogP contribution in [0.3, 0.4) is 0 Å². The summed E-state index contributed by atoms with van der Waals surface area (Å²) in [5, 5.41) is 10.8. The lowest BCUT2D eigenvalue weighted by molar-refractivity contribution is -0.0946. The smallest absolute Gasteiger partial charge is 0.191 e. The fraction of sp³-hybridized carbons (Fsp3) is 0.824. The van der Waals surface area contributed by atoms with Crippen LogP contribution in [0.5, 0.6) is 0 Å². The third kappa shape index (κ3) is 5.67. The van der Waals surface area contributed by atoms with Crippen LogP contribution < -0.4 is 10.6 Å². The topological polar surface area (TPSA) is 79.6 Å². The molecule has 1 aromatic rings. The minimum Gasteiger partial charge on any atom is -0.373 e. The summed E-state index contributed by atoms with van der Waals surface area (Å²) < 4.78 is 7.60. The Labute approximate surface area is 151 Å². The van der Waals surface area contributed by atoms with Crippen LogP contribution in [0.1, 0.15) is 40.4 Å². The van der Waals surface area contributed by atoms with Gasteiger partial charge in [-0.05, 0) is 34.6 Å². The molecule has 2 atom stereocenters. The lowest BCUT2D eigenvalue weighted by Crippen LogP contribution is -2.59. The third-order valence-corrected chi connectivity index (χ3v) is 4.49. The molecule has 0 aliphatic carbocycles. The van der Waals surface area contributed by atoms with Gasteiger partial charge in [0.25, 0.3) is 0 Å². The van der Waals surface area contributed by atoms with Crippen molar-refractivity contribution in [1.29, 1.82) is 0 Å². The first-order valence-electron chi connectivity index (χ1n) is 9.07. The minimum absolute atomic E-state index is 0.00721. The summed E-state index contributed by atoms with van der Waals surface area (Å²) in [4.78, 5) is 11.3. The average molecular weight is 351 g/mol.